The van der Waals surface area contributed by atoms with E-state index in [9.17, 15) is 19.1 Å². The predicted molar refractivity (Wildman–Crippen MR) is 119 cm³/mol. The highest BCUT2D eigenvalue weighted by Gasteiger charge is 2.32. The summed E-state index contributed by atoms with van der Waals surface area (Å²) in [6.45, 7) is 8.79. The number of nitrogens with one attached hydrogen (secondary N) is 1. The van der Waals surface area contributed by atoms with Gasteiger partial charge in [0, 0.05) is 57.5 Å². The number of piperazine rings is 1. The maximum atomic E-state index is 12.9. The molecule has 0 aromatic heterocycles. The zero-order valence-electron chi connectivity index (χ0n) is 18.2. The fraction of sp³-hybridized carbons (Fsp3) is 0.522. The molecule has 1 heterocycles. The molecule has 7 nitrogen and oxygen atoms in total. The number of benzene rings is 1. The monoisotopic (exact) mass is 430 g/mol. The van der Waals surface area contributed by atoms with Crippen LogP contribution in [0.4, 0.5) is 10.1 Å². The molecule has 1 aliphatic heterocycles. The van der Waals surface area contributed by atoms with Crippen LogP contribution in [-0.2, 0) is 9.59 Å². The molecule has 0 unspecified atom stereocenters. The smallest absolute Gasteiger partial charge is 0.238 e. The molecule has 8 heteroatoms. The number of hydrogen-bond acceptors (Lipinski definition) is 6. The molecule has 1 aromatic carbocycles. The Morgan fingerprint density at radius 1 is 1.16 bits per heavy atom. The van der Waals surface area contributed by atoms with Crippen LogP contribution in [0.5, 0.6) is 0 Å². The molecule has 1 amide bonds. The Morgan fingerprint density at radius 3 is 2.45 bits per heavy atom. The van der Waals surface area contributed by atoms with E-state index in [2.05, 4.69) is 20.1 Å². The van der Waals surface area contributed by atoms with E-state index in [1.54, 1.807) is 12.1 Å². The third-order valence-corrected chi connectivity index (χ3v) is 5.62. The molecule has 31 heavy (non-hydrogen) atoms. The Balaban J connectivity index is 1.36. The second kappa shape index (κ2) is 10.2. The third kappa shape index (κ3) is 6.97. The van der Waals surface area contributed by atoms with Crippen molar-refractivity contribution in [2.24, 2.45) is 10.4 Å². The highest BCUT2D eigenvalue weighted by molar-refractivity contribution is 6.14. The Hall–Kier alpha value is -2.58. The van der Waals surface area contributed by atoms with Crippen LogP contribution in [0.3, 0.4) is 0 Å². The average molecular weight is 431 g/mol. The first-order chi connectivity index (χ1) is 14.7. The minimum Gasteiger partial charge on any atom is -0.511 e. The standard InChI is InChI=1S/C23H31FN4O3/c1-23(2)13-20(29)19(21(30)14-23)15-25-7-8-27-9-11-28(12-10-27)16-22(31)26-18-5-3-17(24)4-6-18/h3-6,15,29H,7-14,16H2,1-2H3,(H,26,31). The SMILES string of the molecule is CC1(C)CC(=O)C(C=NCCN2CCN(CC(=O)Nc3ccc(F)cc3)CC2)=C(O)C1. The number of nitrogens with zero attached hydrogens (tertiary/aromatic N) is 3. The predicted octanol–water partition coefficient (Wildman–Crippen LogP) is 2.65. The number of allylic oxidation sites excluding steroid dienone is 2. The molecular formula is C23H31FN4O3. The van der Waals surface area contributed by atoms with E-state index in [0.29, 0.717) is 37.2 Å². The highest BCUT2D eigenvalue weighted by atomic mass is 19.1. The average Bonchev–Trinajstić information content (AvgIpc) is 2.69. The molecule has 2 aliphatic rings. The summed E-state index contributed by atoms with van der Waals surface area (Å²) >= 11 is 0. The van der Waals surface area contributed by atoms with Gasteiger partial charge in [-0.25, -0.2) is 4.39 Å². The Kier molecular flexibility index (Phi) is 7.56. The number of aliphatic imine (C=N–C) groups is 1. The molecule has 3 rings (SSSR count). The topological polar surface area (TPSA) is 85.2 Å². The summed E-state index contributed by atoms with van der Waals surface area (Å²) in [4.78, 5) is 33.1. The van der Waals surface area contributed by atoms with Crippen LogP contribution >= 0.6 is 0 Å². The molecule has 0 spiro atoms. The number of carbonyl (C=O) groups excluding carboxylic acids is 2. The molecule has 0 saturated carbocycles. The Bertz CT molecular complexity index is 856. The van der Waals surface area contributed by atoms with Crippen molar-refractivity contribution in [2.45, 2.75) is 26.7 Å². The van der Waals surface area contributed by atoms with Crippen molar-refractivity contribution in [2.75, 3.05) is 51.1 Å². The normalized spacial score (nSPS) is 20.4. The third-order valence-electron chi connectivity index (χ3n) is 5.62. The second-order valence-corrected chi connectivity index (χ2v) is 9.01. The number of ketones is 1. The van der Waals surface area contributed by atoms with Crippen molar-refractivity contribution in [3.63, 3.8) is 0 Å². The lowest BCUT2D eigenvalue weighted by Gasteiger charge is -2.33. The first-order valence-corrected chi connectivity index (χ1v) is 10.7. The van der Waals surface area contributed by atoms with Gasteiger partial charge < -0.3 is 10.4 Å². The molecular weight excluding hydrogens is 399 g/mol. The molecule has 168 valence electrons. The molecule has 1 aliphatic carbocycles. The summed E-state index contributed by atoms with van der Waals surface area (Å²) in [6, 6.07) is 5.73. The van der Waals surface area contributed by atoms with Gasteiger partial charge in [0.2, 0.25) is 5.91 Å². The lowest BCUT2D eigenvalue weighted by Crippen LogP contribution is -2.49. The van der Waals surface area contributed by atoms with Gasteiger partial charge in [0.25, 0.3) is 0 Å². The van der Waals surface area contributed by atoms with Crippen LogP contribution in [0.1, 0.15) is 26.7 Å². The van der Waals surface area contributed by atoms with Gasteiger partial charge in [-0.3, -0.25) is 24.4 Å². The van der Waals surface area contributed by atoms with Gasteiger partial charge in [-0.1, -0.05) is 13.8 Å². The van der Waals surface area contributed by atoms with Crippen molar-refractivity contribution in [3.05, 3.63) is 41.4 Å². The van der Waals surface area contributed by atoms with Gasteiger partial charge in [-0.2, -0.15) is 0 Å². The van der Waals surface area contributed by atoms with E-state index in [-0.39, 0.29) is 28.7 Å². The van der Waals surface area contributed by atoms with Crippen LogP contribution in [0, 0.1) is 11.2 Å². The lowest BCUT2D eigenvalue weighted by molar-refractivity contribution is -0.118. The minimum absolute atomic E-state index is 0.0509. The summed E-state index contributed by atoms with van der Waals surface area (Å²) < 4.78 is 12.9. The van der Waals surface area contributed by atoms with Gasteiger partial charge in [-0.15, -0.1) is 0 Å². The number of rotatable bonds is 7. The van der Waals surface area contributed by atoms with E-state index >= 15 is 0 Å². The molecule has 2 N–H and O–H groups in total. The van der Waals surface area contributed by atoms with Crippen LogP contribution in [0.25, 0.3) is 0 Å². The van der Waals surface area contributed by atoms with Crippen molar-refractivity contribution in [1.29, 1.82) is 0 Å². The van der Waals surface area contributed by atoms with Crippen LogP contribution in [0.15, 0.2) is 40.6 Å². The second-order valence-electron chi connectivity index (χ2n) is 9.01. The van der Waals surface area contributed by atoms with Crippen molar-refractivity contribution < 1.29 is 19.1 Å². The Morgan fingerprint density at radius 2 is 1.81 bits per heavy atom. The number of halogens is 1. The fourth-order valence-electron chi connectivity index (χ4n) is 3.91. The number of Topliss-reactive ketones (excluding diaryl/α,β-unsaturated/α-hetero) is 1. The molecule has 0 radical (unpaired) electrons. The minimum atomic E-state index is -0.332. The van der Waals surface area contributed by atoms with Crippen LogP contribution in [0.2, 0.25) is 0 Å². The summed E-state index contributed by atoms with van der Waals surface area (Å²) in [7, 11) is 0. The quantitative estimate of drug-likeness (QED) is 0.650. The van der Waals surface area contributed by atoms with Crippen molar-refractivity contribution in [3.8, 4) is 0 Å². The van der Waals surface area contributed by atoms with Gasteiger partial charge in [-0.05, 0) is 29.7 Å². The Labute approximate surface area is 182 Å². The summed E-state index contributed by atoms with van der Waals surface area (Å²) in [5.74, 6) is -0.359. The molecule has 0 bridgehead atoms. The largest absolute Gasteiger partial charge is 0.511 e. The number of amides is 1. The molecule has 0 atom stereocenters. The van der Waals surface area contributed by atoms with Gasteiger partial charge in [0.05, 0.1) is 18.7 Å². The van der Waals surface area contributed by atoms with Gasteiger partial charge in [0.15, 0.2) is 5.78 Å². The first-order valence-electron chi connectivity index (χ1n) is 10.7. The van der Waals surface area contributed by atoms with E-state index in [1.165, 1.54) is 18.3 Å². The fourth-order valence-corrected chi connectivity index (χ4v) is 3.91. The van der Waals surface area contributed by atoms with E-state index in [1.807, 2.05) is 13.8 Å². The number of hydrogen-bond donors (Lipinski definition) is 2. The number of anilines is 1. The number of aliphatic hydroxyl groups excluding tert-OH is 1. The highest BCUT2D eigenvalue weighted by Crippen LogP contribution is 2.35. The van der Waals surface area contributed by atoms with E-state index < -0.39 is 0 Å². The zero-order chi connectivity index (χ0) is 22.4. The molecule has 1 fully saturated rings. The summed E-state index contributed by atoms with van der Waals surface area (Å²) in [5, 5.41) is 12.9. The van der Waals surface area contributed by atoms with Crippen LogP contribution < -0.4 is 5.32 Å². The van der Waals surface area contributed by atoms with Crippen LogP contribution in [-0.4, -0.2) is 78.6 Å². The maximum Gasteiger partial charge on any atom is 0.238 e. The zero-order valence-corrected chi connectivity index (χ0v) is 18.2. The van der Waals surface area contributed by atoms with Crippen molar-refractivity contribution >= 4 is 23.6 Å². The molecule has 1 saturated heterocycles. The van der Waals surface area contributed by atoms with E-state index in [0.717, 1.165) is 32.7 Å². The lowest BCUT2D eigenvalue weighted by atomic mass is 9.77. The number of aliphatic hydroxyl groups is 1. The van der Waals surface area contributed by atoms with E-state index in [4.69, 9.17) is 0 Å². The molecule has 1 aromatic rings. The maximum absolute atomic E-state index is 12.9. The van der Waals surface area contributed by atoms with Gasteiger partial charge in [0.1, 0.15) is 11.6 Å². The summed E-state index contributed by atoms with van der Waals surface area (Å²) in [5.41, 5.74) is 0.731. The van der Waals surface area contributed by atoms with Gasteiger partial charge >= 0.3 is 0 Å². The number of carbonyl (C=O) groups is 2. The summed E-state index contributed by atoms with van der Waals surface area (Å²) in [6.07, 6.45) is 2.44. The van der Waals surface area contributed by atoms with Crippen molar-refractivity contribution in [1.82, 2.24) is 9.80 Å². The first kappa shape index (κ1) is 23.1.